The molecule has 2 rings (SSSR count). The van der Waals surface area contributed by atoms with Gasteiger partial charge >= 0.3 is 0 Å². The molecule has 0 aliphatic heterocycles. The largest absolute Gasteiger partial charge is 0.319 e. The highest BCUT2D eigenvalue weighted by molar-refractivity contribution is 4.89. The number of rotatable bonds is 6. The van der Waals surface area contributed by atoms with Crippen molar-refractivity contribution in [1.29, 1.82) is 0 Å². The molecule has 17 heavy (non-hydrogen) atoms. The topological polar surface area (TPSA) is 15.3 Å². The maximum atomic E-state index is 3.42. The summed E-state index contributed by atoms with van der Waals surface area (Å²) in [5.41, 5.74) is 0.585. The molecule has 0 aromatic heterocycles. The first-order valence-electron chi connectivity index (χ1n) is 7.57. The van der Waals surface area contributed by atoms with Crippen LogP contribution in [-0.2, 0) is 0 Å². The molecular weight excluding hydrogens is 208 g/mol. The summed E-state index contributed by atoms with van der Waals surface area (Å²) in [6, 6.07) is 0. The van der Waals surface area contributed by atoms with Crippen LogP contribution in [-0.4, -0.2) is 38.6 Å². The first-order chi connectivity index (χ1) is 8.24. The SMILES string of the molecule is CNCC1(CN(C)CC2CCCC2)CCCC1. The van der Waals surface area contributed by atoms with E-state index in [-0.39, 0.29) is 0 Å². The molecule has 0 saturated heterocycles. The van der Waals surface area contributed by atoms with Crippen molar-refractivity contribution < 1.29 is 0 Å². The van der Waals surface area contributed by atoms with Crippen molar-refractivity contribution in [1.82, 2.24) is 10.2 Å². The highest BCUT2D eigenvalue weighted by Crippen LogP contribution is 2.38. The van der Waals surface area contributed by atoms with Crippen LogP contribution in [0.3, 0.4) is 0 Å². The fourth-order valence-electron chi connectivity index (χ4n) is 4.16. The van der Waals surface area contributed by atoms with Gasteiger partial charge in [-0.3, -0.25) is 0 Å². The smallest absolute Gasteiger partial charge is 0.00472 e. The van der Waals surface area contributed by atoms with Gasteiger partial charge in [0.15, 0.2) is 0 Å². The molecule has 1 N–H and O–H groups in total. The molecule has 0 aromatic carbocycles. The Hall–Kier alpha value is -0.0800. The molecule has 0 aromatic rings. The Kier molecular flexibility index (Phi) is 4.87. The summed E-state index contributed by atoms with van der Waals surface area (Å²) in [5, 5.41) is 3.42. The van der Waals surface area contributed by atoms with Crippen LogP contribution in [0.25, 0.3) is 0 Å². The van der Waals surface area contributed by atoms with E-state index in [0.29, 0.717) is 5.41 Å². The van der Waals surface area contributed by atoms with Crippen LogP contribution >= 0.6 is 0 Å². The van der Waals surface area contributed by atoms with Crippen molar-refractivity contribution in [3.05, 3.63) is 0 Å². The normalized spacial score (nSPS) is 24.9. The van der Waals surface area contributed by atoms with E-state index in [2.05, 4.69) is 24.3 Å². The summed E-state index contributed by atoms with van der Waals surface area (Å²) in [5.74, 6) is 0.994. The third-order valence-corrected chi connectivity index (χ3v) is 4.87. The Labute approximate surface area is 107 Å². The van der Waals surface area contributed by atoms with E-state index in [9.17, 15) is 0 Å². The van der Waals surface area contributed by atoms with Gasteiger partial charge in [0.1, 0.15) is 0 Å². The Morgan fingerprint density at radius 3 is 2.35 bits per heavy atom. The lowest BCUT2D eigenvalue weighted by molar-refractivity contribution is 0.159. The summed E-state index contributed by atoms with van der Waals surface area (Å²) >= 11 is 0. The van der Waals surface area contributed by atoms with Gasteiger partial charge in [0, 0.05) is 19.6 Å². The molecule has 0 amide bonds. The van der Waals surface area contributed by atoms with E-state index < -0.39 is 0 Å². The second-order valence-corrected chi connectivity index (χ2v) is 6.58. The third-order valence-electron chi connectivity index (χ3n) is 4.87. The Morgan fingerprint density at radius 2 is 1.76 bits per heavy atom. The molecule has 0 bridgehead atoms. The maximum Gasteiger partial charge on any atom is 0.00472 e. The van der Waals surface area contributed by atoms with E-state index in [1.165, 1.54) is 71.0 Å². The van der Waals surface area contributed by atoms with E-state index >= 15 is 0 Å². The summed E-state index contributed by atoms with van der Waals surface area (Å²) in [7, 11) is 4.45. The number of nitrogens with one attached hydrogen (secondary N) is 1. The van der Waals surface area contributed by atoms with Gasteiger partial charge in [0.05, 0.1) is 0 Å². The first kappa shape index (κ1) is 13.4. The average Bonchev–Trinajstić information content (AvgIpc) is 2.90. The van der Waals surface area contributed by atoms with Crippen LogP contribution in [0, 0.1) is 11.3 Å². The summed E-state index contributed by atoms with van der Waals surface area (Å²) in [6.07, 6.45) is 11.6. The second kappa shape index (κ2) is 6.19. The van der Waals surface area contributed by atoms with Gasteiger partial charge in [-0.2, -0.15) is 0 Å². The molecule has 0 spiro atoms. The molecule has 2 aliphatic rings. The molecular formula is C15H30N2. The van der Waals surface area contributed by atoms with E-state index in [1.54, 1.807) is 0 Å². The summed E-state index contributed by atoms with van der Waals surface area (Å²) in [6.45, 7) is 3.86. The molecule has 2 nitrogen and oxygen atoms in total. The predicted octanol–water partition coefficient (Wildman–Crippen LogP) is 2.89. The van der Waals surface area contributed by atoms with Gasteiger partial charge < -0.3 is 10.2 Å². The zero-order valence-electron chi connectivity index (χ0n) is 11.8. The average molecular weight is 238 g/mol. The van der Waals surface area contributed by atoms with Crippen LogP contribution in [0.5, 0.6) is 0 Å². The Balaban J connectivity index is 1.80. The van der Waals surface area contributed by atoms with Gasteiger partial charge in [-0.1, -0.05) is 25.7 Å². The molecule has 0 unspecified atom stereocenters. The fourth-order valence-corrected chi connectivity index (χ4v) is 4.16. The van der Waals surface area contributed by atoms with Crippen molar-refractivity contribution in [2.45, 2.75) is 51.4 Å². The molecule has 2 aliphatic carbocycles. The lowest BCUT2D eigenvalue weighted by atomic mass is 9.85. The molecule has 2 heteroatoms. The fraction of sp³-hybridized carbons (Fsp3) is 1.00. The van der Waals surface area contributed by atoms with Crippen LogP contribution < -0.4 is 5.32 Å². The summed E-state index contributed by atoms with van der Waals surface area (Å²) < 4.78 is 0. The summed E-state index contributed by atoms with van der Waals surface area (Å²) in [4.78, 5) is 2.62. The number of nitrogens with zero attached hydrogens (tertiary/aromatic N) is 1. The van der Waals surface area contributed by atoms with E-state index in [4.69, 9.17) is 0 Å². The van der Waals surface area contributed by atoms with Crippen LogP contribution in [0.1, 0.15) is 51.4 Å². The van der Waals surface area contributed by atoms with Crippen molar-refractivity contribution in [3.8, 4) is 0 Å². The highest BCUT2D eigenvalue weighted by Gasteiger charge is 2.34. The third kappa shape index (κ3) is 3.69. The van der Waals surface area contributed by atoms with Gasteiger partial charge in [-0.15, -0.1) is 0 Å². The van der Waals surface area contributed by atoms with Gasteiger partial charge in [-0.25, -0.2) is 0 Å². The molecule has 2 saturated carbocycles. The molecule has 100 valence electrons. The minimum atomic E-state index is 0.585. The lowest BCUT2D eigenvalue weighted by Crippen LogP contribution is -2.41. The molecule has 0 heterocycles. The minimum Gasteiger partial charge on any atom is -0.319 e. The standard InChI is InChI=1S/C15H30N2/c1-16-12-15(9-5-6-10-15)13-17(2)11-14-7-3-4-8-14/h14,16H,3-13H2,1-2H3. The molecule has 0 atom stereocenters. The lowest BCUT2D eigenvalue weighted by Gasteiger charge is -2.34. The maximum absolute atomic E-state index is 3.42. The van der Waals surface area contributed by atoms with Crippen molar-refractivity contribution in [2.24, 2.45) is 11.3 Å². The van der Waals surface area contributed by atoms with Crippen molar-refractivity contribution in [2.75, 3.05) is 33.7 Å². The van der Waals surface area contributed by atoms with Gasteiger partial charge in [0.2, 0.25) is 0 Å². The Bertz CT molecular complexity index is 215. The van der Waals surface area contributed by atoms with Crippen LogP contribution in [0.2, 0.25) is 0 Å². The van der Waals surface area contributed by atoms with E-state index in [1.807, 2.05) is 0 Å². The van der Waals surface area contributed by atoms with Gasteiger partial charge in [0.25, 0.3) is 0 Å². The zero-order chi connectivity index (χ0) is 12.1. The number of hydrogen-bond acceptors (Lipinski definition) is 2. The van der Waals surface area contributed by atoms with Gasteiger partial charge in [-0.05, 0) is 51.1 Å². The van der Waals surface area contributed by atoms with E-state index in [0.717, 1.165) is 5.92 Å². The number of hydrogen-bond donors (Lipinski definition) is 1. The van der Waals surface area contributed by atoms with Crippen LogP contribution in [0.4, 0.5) is 0 Å². The quantitative estimate of drug-likeness (QED) is 0.765. The highest BCUT2D eigenvalue weighted by atomic mass is 15.1. The zero-order valence-corrected chi connectivity index (χ0v) is 11.8. The minimum absolute atomic E-state index is 0.585. The van der Waals surface area contributed by atoms with Crippen LogP contribution in [0.15, 0.2) is 0 Å². The predicted molar refractivity (Wildman–Crippen MR) is 74.3 cm³/mol. The van der Waals surface area contributed by atoms with Crippen molar-refractivity contribution >= 4 is 0 Å². The molecule has 2 fully saturated rings. The van der Waals surface area contributed by atoms with Crippen molar-refractivity contribution in [3.63, 3.8) is 0 Å². The second-order valence-electron chi connectivity index (χ2n) is 6.58. The molecule has 0 radical (unpaired) electrons. The first-order valence-corrected chi connectivity index (χ1v) is 7.57. The monoisotopic (exact) mass is 238 g/mol. The Morgan fingerprint density at radius 1 is 1.12 bits per heavy atom.